The van der Waals surface area contributed by atoms with E-state index in [0.717, 1.165) is 14.6 Å². The van der Waals surface area contributed by atoms with Gasteiger partial charge in [-0.1, -0.05) is 6.58 Å². The van der Waals surface area contributed by atoms with Crippen LogP contribution in [0.1, 0.15) is 5.69 Å². The molecule has 0 atom stereocenters. The summed E-state index contributed by atoms with van der Waals surface area (Å²) in [6.45, 7) is 3.71. The number of pyridine rings is 1. The SMILES string of the molecule is C=C(Br)c1ncccc1Br. The molecule has 52 valence electrons. The standard InChI is InChI=1S/C7H5Br2N/c1-5(8)7-6(9)3-2-4-10-7/h2-4H,1H2. The van der Waals surface area contributed by atoms with Crippen LogP contribution in [-0.4, -0.2) is 4.98 Å². The van der Waals surface area contributed by atoms with E-state index < -0.39 is 0 Å². The largest absolute Gasteiger partial charge is 0.255 e. The van der Waals surface area contributed by atoms with Crippen molar-refractivity contribution >= 4 is 36.3 Å². The monoisotopic (exact) mass is 261 g/mol. The van der Waals surface area contributed by atoms with Gasteiger partial charge in [0.2, 0.25) is 0 Å². The van der Waals surface area contributed by atoms with E-state index in [0.29, 0.717) is 0 Å². The van der Waals surface area contributed by atoms with Gasteiger partial charge in [-0.25, -0.2) is 0 Å². The highest BCUT2D eigenvalue weighted by Crippen LogP contribution is 2.23. The molecule has 0 spiro atoms. The lowest BCUT2D eigenvalue weighted by molar-refractivity contribution is 1.27. The van der Waals surface area contributed by atoms with E-state index >= 15 is 0 Å². The van der Waals surface area contributed by atoms with Crippen LogP contribution >= 0.6 is 31.9 Å². The summed E-state index contributed by atoms with van der Waals surface area (Å²) in [6, 6.07) is 3.79. The third-order valence-corrected chi connectivity index (χ3v) is 2.03. The summed E-state index contributed by atoms with van der Waals surface area (Å²) in [4.78, 5) is 4.08. The maximum atomic E-state index is 4.08. The molecule has 0 N–H and O–H groups in total. The molecule has 1 aromatic rings. The average Bonchev–Trinajstić information content (AvgIpc) is 1.88. The molecule has 10 heavy (non-hydrogen) atoms. The zero-order valence-electron chi connectivity index (χ0n) is 5.14. The minimum absolute atomic E-state index is 0.792. The number of aromatic nitrogens is 1. The van der Waals surface area contributed by atoms with Crippen molar-refractivity contribution in [2.24, 2.45) is 0 Å². The van der Waals surface area contributed by atoms with Crippen molar-refractivity contribution in [3.05, 3.63) is 35.1 Å². The van der Waals surface area contributed by atoms with E-state index in [4.69, 9.17) is 0 Å². The summed E-state index contributed by atoms with van der Waals surface area (Å²) in [5.41, 5.74) is 0.850. The molecule has 1 heterocycles. The van der Waals surface area contributed by atoms with Crippen molar-refractivity contribution in [2.45, 2.75) is 0 Å². The Kier molecular flexibility index (Phi) is 2.63. The highest BCUT2D eigenvalue weighted by atomic mass is 79.9. The molecule has 0 bridgehead atoms. The third kappa shape index (κ3) is 1.67. The molecular weight excluding hydrogens is 258 g/mol. The van der Waals surface area contributed by atoms with Gasteiger partial charge in [-0.15, -0.1) is 0 Å². The topological polar surface area (TPSA) is 12.9 Å². The van der Waals surface area contributed by atoms with Gasteiger partial charge in [0.1, 0.15) is 0 Å². The van der Waals surface area contributed by atoms with Crippen LogP contribution in [-0.2, 0) is 0 Å². The van der Waals surface area contributed by atoms with Gasteiger partial charge in [0.05, 0.1) is 5.69 Å². The highest BCUT2D eigenvalue weighted by Gasteiger charge is 1.99. The van der Waals surface area contributed by atoms with E-state index in [9.17, 15) is 0 Å². The maximum Gasteiger partial charge on any atom is 0.0907 e. The number of halogens is 2. The number of rotatable bonds is 1. The van der Waals surface area contributed by atoms with Crippen LogP contribution in [0, 0.1) is 0 Å². The predicted molar refractivity (Wildman–Crippen MR) is 49.9 cm³/mol. The Labute approximate surface area is 76.4 Å². The Hall–Kier alpha value is -0.150. The van der Waals surface area contributed by atoms with Crippen molar-refractivity contribution in [1.29, 1.82) is 0 Å². The van der Waals surface area contributed by atoms with Gasteiger partial charge in [-0.2, -0.15) is 0 Å². The second kappa shape index (κ2) is 3.30. The summed E-state index contributed by atoms with van der Waals surface area (Å²) >= 11 is 6.59. The predicted octanol–water partition coefficient (Wildman–Crippen LogP) is 3.21. The van der Waals surface area contributed by atoms with Crippen LogP contribution in [0.3, 0.4) is 0 Å². The van der Waals surface area contributed by atoms with E-state index in [1.807, 2.05) is 12.1 Å². The molecule has 0 aliphatic heterocycles. The van der Waals surface area contributed by atoms with Crippen molar-refractivity contribution in [1.82, 2.24) is 4.98 Å². The Morgan fingerprint density at radius 1 is 1.60 bits per heavy atom. The second-order valence-corrected chi connectivity index (χ2v) is 3.55. The maximum absolute atomic E-state index is 4.08. The first-order chi connectivity index (χ1) is 4.72. The smallest absolute Gasteiger partial charge is 0.0907 e. The quantitative estimate of drug-likeness (QED) is 0.758. The van der Waals surface area contributed by atoms with E-state index in [2.05, 4.69) is 43.4 Å². The number of nitrogens with zero attached hydrogens (tertiary/aromatic N) is 1. The van der Waals surface area contributed by atoms with Gasteiger partial charge in [0.25, 0.3) is 0 Å². The molecule has 0 aliphatic carbocycles. The van der Waals surface area contributed by atoms with Crippen LogP contribution in [0.2, 0.25) is 0 Å². The Morgan fingerprint density at radius 2 is 2.30 bits per heavy atom. The van der Waals surface area contributed by atoms with E-state index in [-0.39, 0.29) is 0 Å². The third-order valence-electron chi connectivity index (χ3n) is 1.02. The Morgan fingerprint density at radius 3 is 2.70 bits per heavy atom. The lowest BCUT2D eigenvalue weighted by atomic mass is 10.3. The summed E-state index contributed by atoms with van der Waals surface area (Å²) < 4.78 is 1.75. The normalized spacial score (nSPS) is 9.40. The summed E-state index contributed by atoms with van der Waals surface area (Å²) in [6.07, 6.45) is 1.73. The molecule has 0 saturated carbocycles. The first kappa shape index (κ1) is 7.95. The molecule has 1 rings (SSSR count). The molecule has 0 unspecified atom stereocenters. The Bertz CT molecular complexity index is 258. The zero-order valence-corrected chi connectivity index (χ0v) is 8.31. The zero-order chi connectivity index (χ0) is 7.56. The van der Waals surface area contributed by atoms with Gasteiger partial charge >= 0.3 is 0 Å². The highest BCUT2D eigenvalue weighted by molar-refractivity contribution is 9.15. The van der Waals surface area contributed by atoms with Crippen LogP contribution in [0.4, 0.5) is 0 Å². The van der Waals surface area contributed by atoms with Crippen LogP contribution in [0.5, 0.6) is 0 Å². The number of hydrogen-bond acceptors (Lipinski definition) is 1. The molecule has 0 aliphatic rings. The van der Waals surface area contributed by atoms with E-state index in [1.165, 1.54) is 0 Å². The second-order valence-electron chi connectivity index (χ2n) is 1.74. The fraction of sp³-hybridized carbons (Fsp3) is 0. The van der Waals surface area contributed by atoms with Crippen LogP contribution < -0.4 is 0 Å². The summed E-state index contributed by atoms with van der Waals surface area (Å²) in [7, 11) is 0. The van der Waals surface area contributed by atoms with Gasteiger partial charge in [0, 0.05) is 15.2 Å². The summed E-state index contributed by atoms with van der Waals surface area (Å²) in [5, 5.41) is 0. The van der Waals surface area contributed by atoms with E-state index in [1.54, 1.807) is 6.20 Å². The fourth-order valence-corrected chi connectivity index (χ4v) is 1.66. The first-order valence-corrected chi connectivity index (χ1v) is 4.25. The molecule has 3 heteroatoms. The number of hydrogen-bond donors (Lipinski definition) is 0. The minimum atomic E-state index is 0.792. The van der Waals surface area contributed by atoms with Crippen molar-refractivity contribution < 1.29 is 0 Å². The van der Waals surface area contributed by atoms with Crippen molar-refractivity contribution in [3.63, 3.8) is 0 Å². The molecule has 0 radical (unpaired) electrons. The molecule has 1 nitrogen and oxygen atoms in total. The summed E-state index contributed by atoms with van der Waals surface area (Å²) in [5.74, 6) is 0. The molecule has 0 fully saturated rings. The van der Waals surface area contributed by atoms with Crippen molar-refractivity contribution in [3.8, 4) is 0 Å². The molecule has 0 saturated heterocycles. The van der Waals surface area contributed by atoms with Gasteiger partial charge in [-0.3, -0.25) is 4.98 Å². The fourth-order valence-electron chi connectivity index (χ4n) is 0.585. The van der Waals surface area contributed by atoms with Gasteiger partial charge in [0.15, 0.2) is 0 Å². The van der Waals surface area contributed by atoms with Crippen LogP contribution in [0.25, 0.3) is 4.48 Å². The average molecular weight is 263 g/mol. The molecule has 1 aromatic heterocycles. The van der Waals surface area contributed by atoms with Gasteiger partial charge in [-0.05, 0) is 44.0 Å². The van der Waals surface area contributed by atoms with Crippen molar-refractivity contribution in [2.75, 3.05) is 0 Å². The molecule has 0 aromatic carbocycles. The molecule has 0 amide bonds. The lowest BCUT2D eigenvalue weighted by Gasteiger charge is -1.97. The lowest BCUT2D eigenvalue weighted by Crippen LogP contribution is -1.82. The minimum Gasteiger partial charge on any atom is -0.255 e. The Balaban J connectivity index is 3.15. The molecular formula is C7H5Br2N. The van der Waals surface area contributed by atoms with Crippen LogP contribution in [0.15, 0.2) is 29.4 Å². The van der Waals surface area contributed by atoms with Gasteiger partial charge < -0.3 is 0 Å². The first-order valence-electron chi connectivity index (χ1n) is 2.67.